The lowest BCUT2D eigenvalue weighted by molar-refractivity contribution is 0.0698. The minimum atomic E-state index is -1.11. The summed E-state index contributed by atoms with van der Waals surface area (Å²) in [5.74, 6) is -0.791. The van der Waals surface area contributed by atoms with E-state index in [1.807, 2.05) is 0 Å². The third kappa shape index (κ3) is 5.88. The molecule has 0 unspecified atom stereocenters. The fourth-order valence-electron chi connectivity index (χ4n) is 2.17. The molecular weight excluding hydrogens is 398 g/mol. The average molecular weight is 420 g/mol. The van der Waals surface area contributed by atoms with Gasteiger partial charge in [0.25, 0.3) is 5.91 Å². The molecule has 5 nitrogen and oxygen atoms in total. The number of rotatable bonds is 6. The molecule has 0 bridgehead atoms. The zero-order valence-corrected chi connectivity index (χ0v) is 16.6. The number of anilines is 1. The van der Waals surface area contributed by atoms with Gasteiger partial charge in [-0.25, -0.2) is 4.79 Å². The van der Waals surface area contributed by atoms with Crippen molar-refractivity contribution in [2.75, 3.05) is 11.9 Å². The van der Waals surface area contributed by atoms with Crippen LogP contribution in [0.4, 0.5) is 5.69 Å². The smallest absolute Gasteiger partial charge is 0.337 e. The molecule has 138 valence electrons. The van der Waals surface area contributed by atoms with Crippen molar-refractivity contribution in [3.05, 3.63) is 58.1 Å². The highest BCUT2D eigenvalue weighted by atomic mass is 79.9. The van der Waals surface area contributed by atoms with Gasteiger partial charge in [0.1, 0.15) is 5.75 Å². The Labute approximate surface area is 161 Å². The fourth-order valence-corrected chi connectivity index (χ4v) is 2.54. The minimum Gasteiger partial charge on any atom is -0.494 e. The normalized spacial score (nSPS) is 11.1. The standard InChI is InChI=1S/C20H22BrNO4/c1-20(2,3)10-11-26-15-7-4-13(5-8-15)18(23)22-17-9-6-14(21)12-16(17)19(24)25/h4-9,12H,10-11H2,1-3H3,(H,22,23)(H,24,25). The third-order valence-electron chi connectivity index (χ3n) is 3.70. The van der Waals surface area contributed by atoms with E-state index in [1.54, 1.807) is 36.4 Å². The Hall–Kier alpha value is -2.34. The van der Waals surface area contributed by atoms with Gasteiger partial charge in [-0.15, -0.1) is 0 Å². The van der Waals surface area contributed by atoms with Crippen molar-refractivity contribution in [3.8, 4) is 5.75 Å². The number of carboxylic acid groups (broad SMARTS) is 1. The van der Waals surface area contributed by atoms with E-state index in [9.17, 15) is 14.7 Å². The van der Waals surface area contributed by atoms with Gasteiger partial charge in [0.05, 0.1) is 17.9 Å². The second-order valence-corrected chi connectivity index (χ2v) is 8.05. The van der Waals surface area contributed by atoms with Gasteiger partial charge in [0, 0.05) is 10.0 Å². The number of carbonyl (C=O) groups is 2. The number of carboxylic acids is 1. The summed E-state index contributed by atoms with van der Waals surface area (Å²) in [6.07, 6.45) is 0.927. The van der Waals surface area contributed by atoms with Gasteiger partial charge >= 0.3 is 5.97 Å². The predicted molar refractivity (Wildman–Crippen MR) is 105 cm³/mol. The maximum Gasteiger partial charge on any atom is 0.337 e. The van der Waals surface area contributed by atoms with Gasteiger partial charge in [0.15, 0.2) is 0 Å². The molecule has 0 aliphatic heterocycles. The molecule has 0 saturated heterocycles. The van der Waals surface area contributed by atoms with E-state index in [2.05, 4.69) is 42.0 Å². The molecule has 26 heavy (non-hydrogen) atoms. The van der Waals surface area contributed by atoms with Gasteiger partial charge in [-0.3, -0.25) is 4.79 Å². The third-order valence-corrected chi connectivity index (χ3v) is 4.19. The van der Waals surface area contributed by atoms with Crippen LogP contribution in [0.1, 0.15) is 47.9 Å². The molecule has 2 rings (SSSR count). The molecule has 6 heteroatoms. The number of hydrogen-bond acceptors (Lipinski definition) is 3. The zero-order valence-electron chi connectivity index (χ0n) is 15.0. The molecule has 0 aromatic heterocycles. The highest BCUT2D eigenvalue weighted by Gasteiger charge is 2.14. The predicted octanol–water partition coefficient (Wildman–Crippen LogP) is 5.21. The summed E-state index contributed by atoms with van der Waals surface area (Å²) < 4.78 is 6.31. The first-order valence-corrected chi connectivity index (χ1v) is 9.02. The van der Waals surface area contributed by atoms with E-state index in [1.165, 1.54) is 6.07 Å². The second-order valence-electron chi connectivity index (χ2n) is 7.13. The Morgan fingerprint density at radius 2 is 1.77 bits per heavy atom. The van der Waals surface area contributed by atoms with Gasteiger partial charge < -0.3 is 15.2 Å². The summed E-state index contributed by atoms with van der Waals surface area (Å²) in [7, 11) is 0. The second kappa shape index (κ2) is 8.36. The monoisotopic (exact) mass is 419 g/mol. The van der Waals surface area contributed by atoms with Crippen LogP contribution in [-0.4, -0.2) is 23.6 Å². The largest absolute Gasteiger partial charge is 0.494 e. The molecule has 0 aliphatic carbocycles. The lowest BCUT2D eigenvalue weighted by Crippen LogP contribution is -2.15. The number of nitrogens with one attached hydrogen (secondary N) is 1. The molecular formula is C20H22BrNO4. The number of carbonyl (C=O) groups excluding carboxylic acids is 1. The molecule has 0 heterocycles. The number of ether oxygens (including phenoxy) is 1. The fraction of sp³-hybridized carbons (Fsp3) is 0.300. The van der Waals surface area contributed by atoms with Crippen LogP contribution < -0.4 is 10.1 Å². The summed E-state index contributed by atoms with van der Waals surface area (Å²) in [5, 5.41) is 11.9. The van der Waals surface area contributed by atoms with E-state index < -0.39 is 5.97 Å². The molecule has 0 atom stereocenters. The SMILES string of the molecule is CC(C)(C)CCOc1ccc(C(=O)Nc2ccc(Br)cc2C(=O)O)cc1. The van der Waals surface area contributed by atoms with Crippen molar-refractivity contribution in [1.82, 2.24) is 0 Å². The highest BCUT2D eigenvalue weighted by molar-refractivity contribution is 9.10. The maximum absolute atomic E-state index is 12.4. The lowest BCUT2D eigenvalue weighted by Gasteiger charge is -2.18. The first-order valence-electron chi connectivity index (χ1n) is 8.23. The van der Waals surface area contributed by atoms with E-state index in [-0.39, 0.29) is 22.6 Å². The summed E-state index contributed by atoms with van der Waals surface area (Å²) >= 11 is 3.23. The van der Waals surface area contributed by atoms with Crippen LogP contribution in [0.2, 0.25) is 0 Å². The van der Waals surface area contributed by atoms with Crippen molar-refractivity contribution < 1.29 is 19.4 Å². The molecule has 2 N–H and O–H groups in total. The van der Waals surface area contributed by atoms with Crippen molar-refractivity contribution in [2.24, 2.45) is 5.41 Å². The molecule has 0 radical (unpaired) electrons. The van der Waals surface area contributed by atoms with Crippen molar-refractivity contribution in [3.63, 3.8) is 0 Å². The van der Waals surface area contributed by atoms with E-state index >= 15 is 0 Å². The summed E-state index contributed by atoms with van der Waals surface area (Å²) in [6.45, 7) is 7.06. The average Bonchev–Trinajstić information content (AvgIpc) is 2.55. The molecule has 0 saturated carbocycles. The van der Waals surface area contributed by atoms with Crippen LogP contribution in [0.25, 0.3) is 0 Å². The Balaban J connectivity index is 2.03. The van der Waals surface area contributed by atoms with Crippen molar-refractivity contribution >= 4 is 33.5 Å². The first-order chi connectivity index (χ1) is 12.2. The first kappa shape index (κ1) is 20.0. The quantitative estimate of drug-likeness (QED) is 0.673. The van der Waals surface area contributed by atoms with Crippen LogP contribution in [0.15, 0.2) is 46.9 Å². The summed E-state index contributed by atoms with van der Waals surface area (Å²) in [5.41, 5.74) is 0.894. The zero-order chi connectivity index (χ0) is 19.3. The van der Waals surface area contributed by atoms with E-state index in [4.69, 9.17) is 4.74 Å². The van der Waals surface area contributed by atoms with Gasteiger partial charge in [-0.2, -0.15) is 0 Å². The molecule has 0 spiro atoms. The Morgan fingerprint density at radius 1 is 1.12 bits per heavy atom. The van der Waals surface area contributed by atoms with Gasteiger partial charge in [0.2, 0.25) is 0 Å². The minimum absolute atomic E-state index is 0.0230. The van der Waals surface area contributed by atoms with Crippen LogP contribution >= 0.6 is 15.9 Å². The topological polar surface area (TPSA) is 75.6 Å². The molecule has 0 aliphatic rings. The van der Waals surface area contributed by atoms with E-state index in [0.717, 1.165) is 6.42 Å². The van der Waals surface area contributed by atoms with Gasteiger partial charge in [-0.1, -0.05) is 36.7 Å². The Morgan fingerprint density at radius 3 is 2.35 bits per heavy atom. The van der Waals surface area contributed by atoms with Crippen molar-refractivity contribution in [2.45, 2.75) is 27.2 Å². The van der Waals surface area contributed by atoms with Gasteiger partial charge in [-0.05, 0) is 54.3 Å². The molecule has 2 aromatic carbocycles. The molecule has 1 amide bonds. The van der Waals surface area contributed by atoms with E-state index in [0.29, 0.717) is 22.4 Å². The highest BCUT2D eigenvalue weighted by Crippen LogP contribution is 2.23. The Bertz CT molecular complexity index is 794. The lowest BCUT2D eigenvalue weighted by atomic mass is 9.93. The van der Waals surface area contributed by atoms with Crippen LogP contribution in [0.3, 0.4) is 0 Å². The number of hydrogen-bond donors (Lipinski definition) is 2. The molecule has 2 aromatic rings. The maximum atomic E-state index is 12.4. The summed E-state index contributed by atoms with van der Waals surface area (Å²) in [4.78, 5) is 23.7. The van der Waals surface area contributed by atoms with Crippen molar-refractivity contribution in [1.29, 1.82) is 0 Å². The summed E-state index contributed by atoms with van der Waals surface area (Å²) in [6, 6.07) is 11.4. The van der Waals surface area contributed by atoms with Crippen LogP contribution in [-0.2, 0) is 0 Å². The number of benzene rings is 2. The van der Waals surface area contributed by atoms with Crippen LogP contribution in [0, 0.1) is 5.41 Å². The molecule has 0 fully saturated rings. The number of amides is 1. The van der Waals surface area contributed by atoms with Crippen LogP contribution in [0.5, 0.6) is 5.75 Å². The number of aromatic carboxylic acids is 1. The number of halogens is 1. The Kier molecular flexibility index (Phi) is 6.42.